The molecule has 5 heteroatoms. The number of likely N-dealkylation sites (N-methyl/N-ethyl adjacent to an activating group) is 1. The number of aliphatic carboxylic acids is 1. The van der Waals surface area contributed by atoms with Crippen molar-refractivity contribution in [2.45, 2.75) is 32.7 Å². The Morgan fingerprint density at radius 3 is 2.08 bits per heavy atom. The van der Waals surface area contributed by atoms with E-state index in [0.29, 0.717) is 13.0 Å². The summed E-state index contributed by atoms with van der Waals surface area (Å²) in [5.74, 6) is -0.996. The standard InChI is InChI=1S/C7H15NO3.Na.H/c1-4-7(3,6(9)10)8(11)5-2;;/h11H,4-5H2,1-3H3,(H,9,10);;/q;+1;-1. The minimum absolute atomic E-state index is 0. The maximum atomic E-state index is 10.7. The van der Waals surface area contributed by atoms with E-state index in [1.807, 2.05) is 0 Å². The van der Waals surface area contributed by atoms with Crippen molar-refractivity contribution in [3.8, 4) is 0 Å². The summed E-state index contributed by atoms with van der Waals surface area (Å²) in [4.78, 5) is 10.7. The number of carboxylic acids is 1. The van der Waals surface area contributed by atoms with Crippen molar-refractivity contribution < 1.29 is 46.1 Å². The van der Waals surface area contributed by atoms with Crippen LogP contribution in [-0.2, 0) is 4.79 Å². The number of hydroxylamine groups is 2. The first kappa shape index (κ1) is 14.9. The summed E-state index contributed by atoms with van der Waals surface area (Å²) in [6.07, 6.45) is 0.382. The van der Waals surface area contributed by atoms with Crippen molar-refractivity contribution >= 4 is 5.97 Å². The molecule has 0 fully saturated rings. The SMILES string of the molecule is CCN(O)C(C)(CC)C(=O)O.[H-].[Na+]. The van der Waals surface area contributed by atoms with Gasteiger partial charge in [-0.2, -0.15) is 5.06 Å². The molecule has 0 aliphatic heterocycles. The van der Waals surface area contributed by atoms with Gasteiger partial charge in [-0.25, -0.2) is 0 Å². The van der Waals surface area contributed by atoms with Crippen molar-refractivity contribution in [3.63, 3.8) is 0 Å². The van der Waals surface area contributed by atoms with Crippen molar-refractivity contribution in [2.24, 2.45) is 0 Å². The Balaban J connectivity index is -0.000000500. The smallest absolute Gasteiger partial charge is 1.00 e. The van der Waals surface area contributed by atoms with Crippen LogP contribution >= 0.6 is 0 Å². The van der Waals surface area contributed by atoms with Gasteiger partial charge in [0.25, 0.3) is 0 Å². The van der Waals surface area contributed by atoms with E-state index >= 15 is 0 Å². The Morgan fingerprint density at radius 1 is 1.58 bits per heavy atom. The molecule has 0 aromatic rings. The van der Waals surface area contributed by atoms with Crippen molar-refractivity contribution in [1.29, 1.82) is 0 Å². The molecule has 0 saturated heterocycles. The number of hydrogen-bond acceptors (Lipinski definition) is 3. The van der Waals surface area contributed by atoms with Gasteiger partial charge in [-0.1, -0.05) is 13.8 Å². The van der Waals surface area contributed by atoms with Crippen LogP contribution < -0.4 is 29.6 Å². The summed E-state index contributed by atoms with van der Waals surface area (Å²) in [6.45, 7) is 5.25. The fourth-order valence-electron chi connectivity index (χ4n) is 0.793. The van der Waals surface area contributed by atoms with Gasteiger partial charge in [-0.15, -0.1) is 0 Å². The molecule has 12 heavy (non-hydrogen) atoms. The van der Waals surface area contributed by atoms with Crippen molar-refractivity contribution in [2.75, 3.05) is 6.54 Å². The van der Waals surface area contributed by atoms with E-state index in [1.54, 1.807) is 13.8 Å². The molecular formula is C7H16NNaO3. The molecule has 0 aromatic heterocycles. The van der Waals surface area contributed by atoms with Crippen LogP contribution in [-0.4, -0.2) is 33.4 Å². The van der Waals surface area contributed by atoms with Gasteiger partial charge in [0.2, 0.25) is 0 Å². The van der Waals surface area contributed by atoms with E-state index in [4.69, 9.17) is 5.11 Å². The van der Waals surface area contributed by atoms with Crippen molar-refractivity contribution in [1.82, 2.24) is 5.06 Å². The van der Waals surface area contributed by atoms with Gasteiger partial charge in [-0.05, 0) is 13.3 Å². The molecule has 68 valence electrons. The Kier molecular flexibility index (Phi) is 7.37. The quantitative estimate of drug-likeness (QED) is 0.395. The summed E-state index contributed by atoms with van der Waals surface area (Å²) in [6, 6.07) is 0. The van der Waals surface area contributed by atoms with Crippen LogP contribution in [0.2, 0.25) is 0 Å². The van der Waals surface area contributed by atoms with Gasteiger partial charge < -0.3 is 11.7 Å². The van der Waals surface area contributed by atoms with Crippen LogP contribution in [0.25, 0.3) is 0 Å². The third-order valence-corrected chi connectivity index (χ3v) is 2.02. The molecule has 2 N–H and O–H groups in total. The Bertz CT molecular complexity index is 159. The summed E-state index contributed by atoms with van der Waals surface area (Å²) in [7, 11) is 0. The molecule has 0 aromatic carbocycles. The van der Waals surface area contributed by atoms with Crippen LogP contribution in [0.1, 0.15) is 28.6 Å². The predicted octanol–water partition coefficient (Wildman–Crippen LogP) is -1.93. The molecule has 4 nitrogen and oxygen atoms in total. The van der Waals surface area contributed by atoms with Crippen molar-refractivity contribution in [3.05, 3.63) is 0 Å². The fraction of sp³-hybridized carbons (Fsp3) is 0.857. The second kappa shape index (κ2) is 5.94. The summed E-state index contributed by atoms with van der Waals surface area (Å²) >= 11 is 0. The van der Waals surface area contributed by atoms with E-state index in [0.717, 1.165) is 5.06 Å². The zero-order chi connectivity index (χ0) is 9.07. The molecule has 0 spiro atoms. The molecule has 0 radical (unpaired) electrons. The van der Waals surface area contributed by atoms with E-state index in [2.05, 4.69) is 0 Å². The number of nitrogens with zero attached hydrogens (tertiary/aromatic N) is 1. The number of carboxylic acid groups (broad SMARTS) is 1. The zero-order valence-electron chi connectivity index (χ0n) is 9.16. The molecule has 0 bridgehead atoms. The van der Waals surface area contributed by atoms with E-state index in [-0.39, 0.29) is 31.0 Å². The maximum absolute atomic E-state index is 10.7. The summed E-state index contributed by atoms with van der Waals surface area (Å²) in [5, 5.41) is 18.8. The molecule has 0 aliphatic rings. The van der Waals surface area contributed by atoms with Gasteiger partial charge in [0, 0.05) is 6.54 Å². The van der Waals surface area contributed by atoms with Crippen LogP contribution in [0.5, 0.6) is 0 Å². The van der Waals surface area contributed by atoms with E-state index in [1.165, 1.54) is 6.92 Å². The first-order valence-electron chi connectivity index (χ1n) is 3.69. The van der Waals surface area contributed by atoms with Crippen LogP contribution in [0.3, 0.4) is 0 Å². The first-order chi connectivity index (χ1) is 4.99. The van der Waals surface area contributed by atoms with Gasteiger partial charge in [0.05, 0.1) is 0 Å². The Labute approximate surface area is 96.3 Å². The average Bonchev–Trinajstić information content (AvgIpc) is 2.01. The normalized spacial score (nSPS) is 15.1. The molecule has 0 aliphatic carbocycles. The first-order valence-corrected chi connectivity index (χ1v) is 3.69. The largest absolute Gasteiger partial charge is 1.00 e. The molecule has 1 atom stereocenters. The summed E-state index contributed by atoms with van der Waals surface area (Å²) in [5.41, 5.74) is -1.14. The Morgan fingerprint density at radius 2 is 2.00 bits per heavy atom. The molecule has 0 rings (SSSR count). The Hall–Kier alpha value is 0.390. The minimum atomic E-state index is -1.14. The number of carbonyl (C=O) groups is 1. The second-order valence-electron chi connectivity index (χ2n) is 2.65. The van der Waals surface area contributed by atoms with E-state index < -0.39 is 11.5 Å². The van der Waals surface area contributed by atoms with Gasteiger partial charge in [0.1, 0.15) is 5.54 Å². The van der Waals surface area contributed by atoms with Crippen LogP contribution in [0, 0.1) is 0 Å². The third-order valence-electron chi connectivity index (χ3n) is 2.02. The minimum Gasteiger partial charge on any atom is -1.00 e. The number of hydrogen-bond donors (Lipinski definition) is 2. The number of rotatable bonds is 4. The molecular weight excluding hydrogens is 169 g/mol. The molecule has 0 heterocycles. The van der Waals surface area contributed by atoms with Gasteiger partial charge >= 0.3 is 35.5 Å². The monoisotopic (exact) mass is 185 g/mol. The summed E-state index contributed by atoms with van der Waals surface area (Å²) < 4.78 is 0. The molecule has 0 amide bonds. The second-order valence-corrected chi connectivity index (χ2v) is 2.65. The van der Waals surface area contributed by atoms with Gasteiger partial charge in [0.15, 0.2) is 0 Å². The topological polar surface area (TPSA) is 60.8 Å². The van der Waals surface area contributed by atoms with Gasteiger partial charge in [-0.3, -0.25) is 4.79 Å². The van der Waals surface area contributed by atoms with Crippen LogP contribution in [0.15, 0.2) is 0 Å². The molecule has 0 saturated carbocycles. The molecule has 1 unspecified atom stereocenters. The van der Waals surface area contributed by atoms with Crippen LogP contribution in [0.4, 0.5) is 0 Å². The average molecular weight is 185 g/mol. The maximum Gasteiger partial charge on any atom is 1.00 e. The van der Waals surface area contributed by atoms with E-state index in [9.17, 15) is 10.0 Å². The third kappa shape index (κ3) is 3.03. The zero-order valence-corrected chi connectivity index (χ0v) is 10.2. The predicted molar refractivity (Wildman–Crippen MR) is 41.6 cm³/mol. The fourth-order valence-corrected chi connectivity index (χ4v) is 0.793.